The van der Waals surface area contributed by atoms with E-state index in [1.54, 1.807) is 47.3 Å². The second-order valence-corrected chi connectivity index (χ2v) is 6.95. The number of rotatable bonds is 5. The molecular weight excluding hydrogens is 409 g/mol. The van der Waals surface area contributed by atoms with Crippen molar-refractivity contribution >= 4 is 34.3 Å². The number of hydrogen-bond donors (Lipinski definition) is 1. The van der Waals surface area contributed by atoms with E-state index in [2.05, 4.69) is 5.32 Å². The number of aromatic nitrogens is 1. The summed E-state index contributed by atoms with van der Waals surface area (Å²) in [4.78, 5) is 0.0232. The standard InChI is InChI=1S/C23H19F3N2OS/c1-2-16-9-11-17(12-10-16)21(29)20(28-13-4-3-5-14-28)22(30)27-19-8-6-7-18(15-19)23(24,25)26/h3-15H,2H2,1H3,(H-,27,29,30). The van der Waals surface area contributed by atoms with Gasteiger partial charge in [-0.2, -0.15) is 17.7 Å². The van der Waals surface area contributed by atoms with Gasteiger partial charge in [0.1, 0.15) is 0 Å². The fourth-order valence-electron chi connectivity index (χ4n) is 2.88. The molecular formula is C23H19F3N2OS. The van der Waals surface area contributed by atoms with Crippen molar-refractivity contribution < 1.29 is 22.8 Å². The Balaban J connectivity index is 2.02. The summed E-state index contributed by atoms with van der Waals surface area (Å²) < 4.78 is 40.6. The molecule has 0 aliphatic heterocycles. The van der Waals surface area contributed by atoms with Crippen molar-refractivity contribution in [1.82, 2.24) is 0 Å². The molecule has 1 heterocycles. The van der Waals surface area contributed by atoms with Gasteiger partial charge in [-0.1, -0.05) is 55.5 Å². The smallest absolute Gasteiger partial charge is 0.416 e. The Morgan fingerprint density at radius 3 is 2.27 bits per heavy atom. The van der Waals surface area contributed by atoms with Crippen molar-refractivity contribution in [2.75, 3.05) is 5.32 Å². The lowest BCUT2D eigenvalue weighted by atomic mass is 10.1. The van der Waals surface area contributed by atoms with Crippen molar-refractivity contribution in [2.45, 2.75) is 19.5 Å². The highest BCUT2D eigenvalue weighted by molar-refractivity contribution is 7.81. The summed E-state index contributed by atoms with van der Waals surface area (Å²) in [6.45, 7) is 2.02. The van der Waals surface area contributed by atoms with E-state index in [1.165, 1.54) is 12.1 Å². The third kappa shape index (κ3) is 5.04. The predicted molar refractivity (Wildman–Crippen MR) is 113 cm³/mol. The second-order valence-electron chi connectivity index (χ2n) is 6.54. The average molecular weight is 428 g/mol. The summed E-state index contributed by atoms with van der Waals surface area (Å²) in [5.74, 6) is -0.335. The zero-order valence-electron chi connectivity index (χ0n) is 16.1. The first kappa shape index (κ1) is 21.5. The first-order valence-corrected chi connectivity index (χ1v) is 9.66. The Morgan fingerprint density at radius 2 is 1.67 bits per heavy atom. The Labute approximate surface area is 178 Å². The molecule has 0 fully saturated rings. The third-order valence-corrected chi connectivity index (χ3v) is 4.77. The molecule has 2 aromatic carbocycles. The molecule has 3 nitrogen and oxygen atoms in total. The number of pyridine rings is 1. The number of thiocarbonyl (C=S) groups is 1. The molecule has 0 unspecified atom stereocenters. The Morgan fingerprint density at radius 1 is 1.00 bits per heavy atom. The number of halogens is 3. The Bertz CT molecular complexity index is 1060. The number of benzene rings is 2. The van der Waals surface area contributed by atoms with Crippen molar-refractivity contribution in [3.05, 3.63) is 95.8 Å². The van der Waals surface area contributed by atoms with Crippen LogP contribution in [-0.2, 0) is 12.6 Å². The van der Waals surface area contributed by atoms with Gasteiger partial charge in [-0.25, -0.2) is 0 Å². The largest absolute Gasteiger partial charge is 0.867 e. The minimum absolute atomic E-state index is 0.0232. The number of anilines is 1. The van der Waals surface area contributed by atoms with Crippen LogP contribution >= 0.6 is 12.2 Å². The van der Waals surface area contributed by atoms with E-state index in [4.69, 9.17) is 12.2 Å². The van der Waals surface area contributed by atoms with Crippen molar-refractivity contribution in [3.8, 4) is 0 Å². The van der Waals surface area contributed by atoms with Crippen LogP contribution in [0.4, 0.5) is 18.9 Å². The van der Waals surface area contributed by atoms with Crippen LogP contribution < -0.4 is 15.0 Å². The quantitative estimate of drug-likeness (QED) is 0.278. The summed E-state index contributed by atoms with van der Waals surface area (Å²) in [5.41, 5.74) is 1.02. The first-order chi connectivity index (χ1) is 14.3. The molecule has 0 saturated carbocycles. The molecule has 1 aromatic heterocycles. The molecule has 0 aliphatic rings. The molecule has 0 saturated heterocycles. The van der Waals surface area contributed by atoms with E-state index >= 15 is 0 Å². The predicted octanol–water partition coefficient (Wildman–Crippen LogP) is 4.68. The first-order valence-electron chi connectivity index (χ1n) is 9.25. The fourth-order valence-corrected chi connectivity index (χ4v) is 3.19. The molecule has 0 spiro atoms. The van der Waals surface area contributed by atoms with Crippen LogP contribution in [0.25, 0.3) is 11.5 Å². The SMILES string of the molecule is CCc1ccc(/C([O-])=C(/C(=S)Nc2cccc(C(F)(F)F)c2)[n+]2ccccc2)cc1. The molecule has 0 aliphatic carbocycles. The van der Waals surface area contributed by atoms with Crippen LogP contribution in [0.1, 0.15) is 23.6 Å². The van der Waals surface area contributed by atoms with Crippen LogP contribution in [0.3, 0.4) is 0 Å². The maximum atomic E-state index is 13.2. The molecule has 154 valence electrons. The molecule has 1 N–H and O–H groups in total. The van der Waals surface area contributed by atoms with Gasteiger partial charge in [0.2, 0.25) is 5.70 Å². The molecule has 0 radical (unpaired) electrons. The zero-order chi connectivity index (χ0) is 21.7. The molecule has 0 bridgehead atoms. The molecule has 0 atom stereocenters. The van der Waals surface area contributed by atoms with Gasteiger partial charge in [-0.15, -0.1) is 0 Å². The van der Waals surface area contributed by atoms with Gasteiger partial charge < -0.3 is 10.4 Å². The molecule has 0 amide bonds. The Hall–Kier alpha value is -3.19. The molecule has 3 rings (SSSR count). The van der Waals surface area contributed by atoms with Crippen LogP contribution in [0, 0.1) is 0 Å². The summed E-state index contributed by atoms with van der Waals surface area (Å²) in [6.07, 6.45) is -0.313. The van der Waals surface area contributed by atoms with Gasteiger partial charge in [-0.3, -0.25) is 0 Å². The van der Waals surface area contributed by atoms with Crippen molar-refractivity contribution in [3.63, 3.8) is 0 Å². The molecule has 7 heteroatoms. The average Bonchev–Trinajstić information content (AvgIpc) is 2.74. The molecule has 3 aromatic rings. The van der Waals surface area contributed by atoms with Crippen molar-refractivity contribution in [1.29, 1.82) is 0 Å². The van der Waals surface area contributed by atoms with E-state index < -0.39 is 11.7 Å². The summed E-state index contributed by atoms with van der Waals surface area (Å²) >= 11 is 5.43. The summed E-state index contributed by atoms with van der Waals surface area (Å²) in [6, 6.07) is 17.1. The van der Waals surface area contributed by atoms with Crippen molar-refractivity contribution in [2.24, 2.45) is 0 Å². The van der Waals surface area contributed by atoms with Crippen LogP contribution in [0.2, 0.25) is 0 Å². The normalized spacial score (nSPS) is 12.3. The second kappa shape index (κ2) is 9.09. The summed E-state index contributed by atoms with van der Waals surface area (Å²) in [7, 11) is 0. The maximum absolute atomic E-state index is 13.2. The minimum atomic E-state index is -4.48. The zero-order valence-corrected chi connectivity index (χ0v) is 16.9. The maximum Gasteiger partial charge on any atom is 0.416 e. The number of alkyl halides is 3. The lowest BCUT2D eigenvalue weighted by molar-refractivity contribution is -0.577. The lowest BCUT2D eigenvalue weighted by Gasteiger charge is -2.17. The van der Waals surface area contributed by atoms with Gasteiger partial charge in [-0.05, 0) is 41.5 Å². The van der Waals surface area contributed by atoms with E-state index in [0.717, 1.165) is 24.1 Å². The minimum Gasteiger partial charge on any atom is -0.867 e. The monoisotopic (exact) mass is 428 g/mol. The summed E-state index contributed by atoms with van der Waals surface area (Å²) in [5, 5.41) is 16.0. The number of aryl methyl sites for hydroxylation is 1. The van der Waals surface area contributed by atoms with E-state index in [0.29, 0.717) is 5.56 Å². The number of nitrogens with one attached hydrogen (secondary N) is 1. The van der Waals surface area contributed by atoms with Gasteiger partial charge in [0.05, 0.1) is 5.56 Å². The van der Waals surface area contributed by atoms with E-state index in [1.807, 2.05) is 19.1 Å². The Kier molecular flexibility index (Phi) is 6.52. The van der Waals surface area contributed by atoms with Crippen LogP contribution in [0.15, 0.2) is 79.1 Å². The van der Waals surface area contributed by atoms with E-state index in [-0.39, 0.29) is 22.1 Å². The van der Waals surface area contributed by atoms with Gasteiger partial charge >= 0.3 is 6.18 Å². The van der Waals surface area contributed by atoms with E-state index in [9.17, 15) is 18.3 Å². The highest BCUT2D eigenvalue weighted by Gasteiger charge is 2.30. The van der Waals surface area contributed by atoms with Gasteiger partial charge in [0.15, 0.2) is 17.4 Å². The highest BCUT2D eigenvalue weighted by atomic mass is 32.1. The van der Waals surface area contributed by atoms with Crippen LogP contribution in [-0.4, -0.2) is 4.99 Å². The third-order valence-electron chi connectivity index (χ3n) is 4.48. The number of nitrogens with zero attached hydrogens (tertiary/aromatic N) is 1. The molecule has 30 heavy (non-hydrogen) atoms. The number of hydrogen-bond acceptors (Lipinski definition) is 2. The van der Waals surface area contributed by atoms with Gasteiger partial charge in [0.25, 0.3) is 0 Å². The lowest BCUT2D eigenvalue weighted by Crippen LogP contribution is -2.39. The van der Waals surface area contributed by atoms with Crippen LogP contribution in [0.5, 0.6) is 0 Å². The highest BCUT2D eigenvalue weighted by Crippen LogP contribution is 2.31. The fraction of sp³-hybridized carbons (Fsp3) is 0.130. The topological polar surface area (TPSA) is 39.0 Å². The van der Waals surface area contributed by atoms with Gasteiger partial charge in [0, 0.05) is 17.8 Å².